The number of hydrogen-bond donors (Lipinski definition) is 1. The summed E-state index contributed by atoms with van der Waals surface area (Å²) in [5.41, 5.74) is 2.98. The van der Waals surface area contributed by atoms with Crippen molar-refractivity contribution in [2.75, 3.05) is 0 Å². The quantitative estimate of drug-likeness (QED) is 0.910. The Morgan fingerprint density at radius 3 is 2.37 bits per heavy atom. The fraction of sp³-hybridized carbons (Fsp3) is 0.250. The third-order valence-electron chi connectivity index (χ3n) is 3.18. The first-order valence-corrected chi connectivity index (χ1v) is 6.50. The molecule has 0 saturated heterocycles. The molecule has 19 heavy (non-hydrogen) atoms. The minimum atomic E-state index is -0.0491. The van der Waals surface area contributed by atoms with Gasteiger partial charge in [0.1, 0.15) is 0 Å². The van der Waals surface area contributed by atoms with E-state index in [0.717, 1.165) is 12.0 Å². The van der Waals surface area contributed by atoms with E-state index in [1.165, 1.54) is 5.56 Å². The van der Waals surface area contributed by atoms with Crippen LogP contribution in [0.4, 0.5) is 0 Å². The van der Waals surface area contributed by atoms with E-state index in [1.807, 2.05) is 43.3 Å². The summed E-state index contributed by atoms with van der Waals surface area (Å²) in [6, 6.07) is 11.5. The van der Waals surface area contributed by atoms with Crippen LogP contribution in [0.5, 0.6) is 0 Å². The van der Waals surface area contributed by atoms with Crippen LogP contribution < -0.4 is 5.32 Å². The fourth-order valence-electron chi connectivity index (χ4n) is 1.91. The lowest BCUT2D eigenvalue weighted by Gasteiger charge is -2.14. The standard InChI is InChI=1S/C16H18N2O/c1-3-13-4-6-15(7-5-13)16(19)18-12(2)14-8-10-17-11-9-14/h4-12H,3H2,1-2H3,(H,18,19)/t12-/m0/s1. The summed E-state index contributed by atoms with van der Waals surface area (Å²) in [5.74, 6) is -0.0491. The molecule has 2 aromatic rings. The maximum absolute atomic E-state index is 12.1. The number of benzene rings is 1. The Hall–Kier alpha value is -2.16. The Kier molecular flexibility index (Phi) is 4.29. The van der Waals surface area contributed by atoms with Crippen molar-refractivity contribution in [2.24, 2.45) is 0 Å². The SMILES string of the molecule is CCc1ccc(C(=O)N[C@@H](C)c2ccncc2)cc1. The largest absolute Gasteiger partial charge is 0.346 e. The molecule has 0 saturated carbocycles. The van der Waals surface area contributed by atoms with E-state index in [2.05, 4.69) is 17.2 Å². The van der Waals surface area contributed by atoms with Crippen molar-refractivity contribution in [2.45, 2.75) is 26.3 Å². The molecule has 0 spiro atoms. The average Bonchev–Trinajstić information content (AvgIpc) is 2.48. The van der Waals surface area contributed by atoms with Gasteiger partial charge in [0.2, 0.25) is 0 Å². The van der Waals surface area contributed by atoms with Crippen molar-refractivity contribution in [1.29, 1.82) is 0 Å². The van der Waals surface area contributed by atoms with Gasteiger partial charge in [-0.25, -0.2) is 0 Å². The van der Waals surface area contributed by atoms with Gasteiger partial charge >= 0.3 is 0 Å². The zero-order valence-corrected chi connectivity index (χ0v) is 11.3. The molecule has 0 bridgehead atoms. The molecular weight excluding hydrogens is 236 g/mol. The number of pyridine rings is 1. The monoisotopic (exact) mass is 254 g/mol. The lowest BCUT2D eigenvalue weighted by molar-refractivity contribution is 0.0940. The molecular formula is C16H18N2O. The molecule has 0 radical (unpaired) electrons. The molecule has 1 N–H and O–H groups in total. The van der Waals surface area contributed by atoms with Crippen LogP contribution in [0.25, 0.3) is 0 Å². The molecule has 0 aliphatic rings. The van der Waals surface area contributed by atoms with Crippen LogP contribution in [-0.4, -0.2) is 10.9 Å². The first-order valence-electron chi connectivity index (χ1n) is 6.50. The highest BCUT2D eigenvalue weighted by Crippen LogP contribution is 2.12. The van der Waals surface area contributed by atoms with E-state index in [9.17, 15) is 4.79 Å². The smallest absolute Gasteiger partial charge is 0.251 e. The molecule has 0 fully saturated rings. The summed E-state index contributed by atoms with van der Waals surface area (Å²) in [6.45, 7) is 4.06. The van der Waals surface area contributed by atoms with Crippen LogP contribution in [0.3, 0.4) is 0 Å². The van der Waals surface area contributed by atoms with Crippen LogP contribution in [0.15, 0.2) is 48.8 Å². The van der Waals surface area contributed by atoms with Crippen molar-refractivity contribution < 1.29 is 4.79 Å². The van der Waals surface area contributed by atoms with Gasteiger partial charge in [-0.05, 0) is 48.7 Å². The number of aryl methyl sites for hydroxylation is 1. The number of amides is 1. The molecule has 1 aromatic heterocycles. The second kappa shape index (κ2) is 6.14. The lowest BCUT2D eigenvalue weighted by Crippen LogP contribution is -2.26. The summed E-state index contributed by atoms with van der Waals surface area (Å²) in [6.07, 6.45) is 4.44. The minimum absolute atomic E-state index is 0.0265. The van der Waals surface area contributed by atoms with E-state index in [4.69, 9.17) is 0 Å². The third-order valence-corrected chi connectivity index (χ3v) is 3.18. The zero-order valence-electron chi connectivity index (χ0n) is 11.3. The molecule has 3 heteroatoms. The van der Waals surface area contributed by atoms with Crippen LogP contribution in [-0.2, 0) is 6.42 Å². The van der Waals surface area contributed by atoms with E-state index < -0.39 is 0 Å². The molecule has 1 heterocycles. The summed E-state index contributed by atoms with van der Waals surface area (Å²) >= 11 is 0. The molecule has 2 rings (SSSR count). The van der Waals surface area contributed by atoms with Crippen molar-refractivity contribution in [3.63, 3.8) is 0 Å². The normalized spacial score (nSPS) is 11.9. The molecule has 3 nitrogen and oxygen atoms in total. The topological polar surface area (TPSA) is 42.0 Å². The lowest BCUT2D eigenvalue weighted by atomic mass is 10.1. The first-order chi connectivity index (χ1) is 9.20. The molecule has 98 valence electrons. The Balaban J connectivity index is 2.04. The van der Waals surface area contributed by atoms with Gasteiger partial charge < -0.3 is 5.32 Å². The number of nitrogens with zero attached hydrogens (tertiary/aromatic N) is 1. The zero-order chi connectivity index (χ0) is 13.7. The Morgan fingerprint density at radius 2 is 1.79 bits per heavy atom. The predicted octanol–water partition coefficient (Wildman–Crippen LogP) is 3.14. The van der Waals surface area contributed by atoms with Crippen LogP contribution in [0.1, 0.15) is 41.4 Å². The van der Waals surface area contributed by atoms with Gasteiger partial charge in [-0.15, -0.1) is 0 Å². The highest BCUT2D eigenvalue weighted by molar-refractivity contribution is 5.94. The van der Waals surface area contributed by atoms with Gasteiger partial charge in [0, 0.05) is 18.0 Å². The molecule has 0 aliphatic heterocycles. The number of rotatable bonds is 4. The third kappa shape index (κ3) is 3.41. The molecule has 1 atom stereocenters. The summed E-state index contributed by atoms with van der Waals surface area (Å²) in [7, 11) is 0. The predicted molar refractivity (Wildman–Crippen MR) is 75.9 cm³/mol. The molecule has 1 amide bonds. The van der Waals surface area contributed by atoms with E-state index >= 15 is 0 Å². The van der Waals surface area contributed by atoms with Crippen molar-refractivity contribution >= 4 is 5.91 Å². The minimum Gasteiger partial charge on any atom is -0.346 e. The maximum Gasteiger partial charge on any atom is 0.251 e. The van der Waals surface area contributed by atoms with Gasteiger partial charge in [0.05, 0.1) is 6.04 Å². The van der Waals surface area contributed by atoms with Crippen molar-refractivity contribution in [3.8, 4) is 0 Å². The number of carbonyl (C=O) groups is 1. The van der Waals surface area contributed by atoms with Gasteiger partial charge in [-0.3, -0.25) is 9.78 Å². The average molecular weight is 254 g/mol. The van der Waals surface area contributed by atoms with E-state index in [1.54, 1.807) is 12.4 Å². The van der Waals surface area contributed by atoms with Crippen molar-refractivity contribution in [1.82, 2.24) is 10.3 Å². The van der Waals surface area contributed by atoms with E-state index in [-0.39, 0.29) is 11.9 Å². The number of carbonyl (C=O) groups excluding carboxylic acids is 1. The molecule has 0 aliphatic carbocycles. The van der Waals surface area contributed by atoms with Gasteiger partial charge in [0.25, 0.3) is 5.91 Å². The Morgan fingerprint density at radius 1 is 1.16 bits per heavy atom. The van der Waals surface area contributed by atoms with Crippen LogP contribution >= 0.6 is 0 Å². The fourth-order valence-corrected chi connectivity index (χ4v) is 1.91. The van der Waals surface area contributed by atoms with Gasteiger partial charge in [0.15, 0.2) is 0 Å². The Labute approximate surface area is 113 Å². The van der Waals surface area contributed by atoms with Gasteiger partial charge in [-0.2, -0.15) is 0 Å². The van der Waals surface area contributed by atoms with Crippen LogP contribution in [0.2, 0.25) is 0 Å². The van der Waals surface area contributed by atoms with Crippen LogP contribution in [0, 0.1) is 0 Å². The second-order valence-corrected chi connectivity index (χ2v) is 4.53. The van der Waals surface area contributed by atoms with Gasteiger partial charge in [-0.1, -0.05) is 19.1 Å². The number of hydrogen-bond acceptors (Lipinski definition) is 2. The van der Waals surface area contributed by atoms with Crippen molar-refractivity contribution in [3.05, 3.63) is 65.5 Å². The highest BCUT2D eigenvalue weighted by atomic mass is 16.1. The Bertz CT molecular complexity index is 534. The number of nitrogens with one attached hydrogen (secondary N) is 1. The maximum atomic E-state index is 12.1. The summed E-state index contributed by atoms with van der Waals surface area (Å²) < 4.78 is 0. The number of aromatic nitrogens is 1. The highest BCUT2D eigenvalue weighted by Gasteiger charge is 2.10. The van der Waals surface area contributed by atoms with E-state index in [0.29, 0.717) is 5.56 Å². The second-order valence-electron chi connectivity index (χ2n) is 4.53. The molecule has 0 unspecified atom stereocenters. The first kappa shape index (κ1) is 13.3. The summed E-state index contributed by atoms with van der Waals surface area (Å²) in [5, 5.41) is 2.98. The summed E-state index contributed by atoms with van der Waals surface area (Å²) in [4.78, 5) is 16.1. The molecule has 1 aromatic carbocycles.